The molecule has 0 saturated carbocycles. The van der Waals surface area contributed by atoms with Crippen LogP contribution in [0, 0.1) is 6.08 Å². The SMILES string of the molecule is CN1CCC\C1=C/C=C/[C-]=C\C=C\C1=[N+](C)CCC1.[Y]. The quantitative estimate of drug-likeness (QED) is 0.431. The number of nitrogens with zero attached hydrogens (tertiary/aromatic N) is 2. The summed E-state index contributed by atoms with van der Waals surface area (Å²) in [6.07, 6.45) is 20.6. The van der Waals surface area contributed by atoms with Crippen LogP contribution >= 0.6 is 0 Å². The molecule has 2 aliphatic rings. The number of likely N-dealkylation sites (tertiary alicyclic amines) is 1. The predicted octanol–water partition coefficient (Wildman–Crippen LogP) is 2.94. The first-order valence-corrected chi connectivity index (χ1v) is 7.17. The summed E-state index contributed by atoms with van der Waals surface area (Å²) >= 11 is 0. The van der Waals surface area contributed by atoms with E-state index < -0.39 is 0 Å². The van der Waals surface area contributed by atoms with Gasteiger partial charge in [0.25, 0.3) is 0 Å². The fourth-order valence-electron chi connectivity index (χ4n) is 2.57. The molecule has 0 aliphatic carbocycles. The Hall–Kier alpha value is -0.466. The Kier molecular flexibility index (Phi) is 8.32. The van der Waals surface area contributed by atoms with Gasteiger partial charge in [-0.25, -0.2) is 4.58 Å². The van der Waals surface area contributed by atoms with Gasteiger partial charge < -0.3 is 4.90 Å². The Morgan fingerprint density at radius 3 is 2.70 bits per heavy atom. The van der Waals surface area contributed by atoms with E-state index in [2.05, 4.69) is 54.0 Å². The van der Waals surface area contributed by atoms with Crippen LogP contribution in [0.25, 0.3) is 0 Å². The molecule has 0 N–H and O–H groups in total. The van der Waals surface area contributed by atoms with Crippen molar-refractivity contribution in [3.63, 3.8) is 0 Å². The van der Waals surface area contributed by atoms with Crippen LogP contribution < -0.4 is 0 Å². The van der Waals surface area contributed by atoms with Gasteiger partial charge in [-0.15, -0.1) is 0 Å². The maximum Gasteiger partial charge on any atom is 0.163 e. The third-order valence-corrected chi connectivity index (χ3v) is 3.80. The molecule has 0 aromatic carbocycles. The van der Waals surface area contributed by atoms with E-state index in [1.165, 1.54) is 50.2 Å². The summed E-state index contributed by atoms with van der Waals surface area (Å²) < 4.78 is 2.32. The van der Waals surface area contributed by atoms with E-state index in [4.69, 9.17) is 0 Å². The fraction of sp³-hybridized carbons (Fsp3) is 0.471. The zero-order chi connectivity index (χ0) is 13.5. The van der Waals surface area contributed by atoms with E-state index in [-0.39, 0.29) is 32.7 Å². The molecule has 0 amide bonds. The van der Waals surface area contributed by atoms with E-state index in [1.54, 1.807) is 0 Å². The molecule has 20 heavy (non-hydrogen) atoms. The Bertz CT molecular complexity index is 456. The Morgan fingerprint density at radius 2 is 2.05 bits per heavy atom. The largest absolute Gasteiger partial charge is 0.379 e. The number of hydrogen-bond acceptors (Lipinski definition) is 1. The first-order chi connectivity index (χ1) is 9.27. The molecule has 2 heterocycles. The zero-order valence-corrected chi connectivity index (χ0v) is 15.5. The van der Waals surface area contributed by atoms with Crippen molar-refractivity contribution in [3.05, 3.63) is 48.2 Å². The van der Waals surface area contributed by atoms with E-state index >= 15 is 0 Å². The van der Waals surface area contributed by atoms with Crippen molar-refractivity contribution in [3.8, 4) is 0 Å². The number of allylic oxidation sites excluding steroid dienone is 8. The van der Waals surface area contributed by atoms with Crippen LogP contribution in [-0.4, -0.2) is 42.4 Å². The predicted molar refractivity (Wildman–Crippen MR) is 81.3 cm³/mol. The van der Waals surface area contributed by atoms with E-state index in [1.807, 2.05) is 12.2 Å². The molecule has 2 nitrogen and oxygen atoms in total. The summed E-state index contributed by atoms with van der Waals surface area (Å²) in [4.78, 5) is 2.32. The summed E-state index contributed by atoms with van der Waals surface area (Å²) in [5, 5.41) is 0. The fourth-order valence-corrected chi connectivity index (χ4v) is 2.57. The zero-order valence-electron chi connectivity index (χ0n) is 12.7. The molecular weight excluding hydrogens is 321 g/mol. The molecule has 105 valence electrons. The minimum atomic E-state index is 0. The van der Waals surface area contributed by atoms with Gasteiger partial charge in [-0.05, 0) is 18.9 Å². The maximum atomic E-state index is 3.18. The molecular formula is C17H24N2Y. The van der Waals surface area contributed by atoms with Crippen LogP contribution in [0.1, 0.15) is 25.7 Å². The second kappa shape index (κ2) is 9.47. The minimum Gasteiger partial charge on any atom is -0.379 e. The van der Waals surface area contributed by atoms with Gasteiger partial charge in [-0.3, -0.25) is 0 Å². The molecule has 3 heteroatoms. The van der Waals surface area contributed by atoms with E-state index in [9.17, 15) is 0 Å². The van der Waals surface area contributed by atoms with Crippen molar-refractivity contribution in [1.29, 1.82) is 0 Å². The van der Waals surface area contributed by atoms with Crippen LogP contribution in [0.5, 0.6) is 0 Å². The Labute approximate surface area is 148 Å². The molecule has 0 bridgehead atoms. The van der Waals surface area contributed by atoms with Gasteiger partial charge >= 0.3 is 0 Å². The topological polar surface area (TPSA) is 6.25 Å². The third-order valence-electron chi connectivity index (χ3n) is 3.80. The molecule has 2 rings (SSSR count). The van der Waals surface area contributed by atoms with Crippen molar-refractivity contribution in [2.45, 2.75) is 25.7 Å². The third kappa shape index (κ3) is 5.50. The standard InChI is InChI=1S/C17H24N2.Y/c1-18-14-8-12-16(18)10-6-4-3-5-7-11-17-13-9-15-19(17)2;/h4-7,10-11H,8-9,12-15H2,1-2H3;. The van der Waals surface area contributed by atoms with E-state index in [0.717, 1.165) is 0 Å². The molecule has 0 unspecified atom stereocenters. The molecule has 1 radical (unpaired) electrons. The van der Waals surface area contributed by atoms with Crippen LogP contribution in [0.4, 0.5) is 0 Å². The maximum absolute atomic E-state index is 3.18. The van der Waals surface area contributed by atoms with Gasteiger partial charge in [-0.1, -0.05) is 6.08 Å². The second-order valence-electron chi connectivity index (χ2n) is 5.25. The smallest absolute Gasteiger partial charge is 0.163 e. The number of hydrogen-bond donors (Lipinski definition) is 0. The second-order valence-corrected chi connectivity index (χ2v) is 5.25. The van der Waals surface area contributed by atoms with Crippen LogP contribution in [0.2, 0.25) is 0 Å². The Balaban J connectivity index is 0.00000200. The summed E-state index contributed by atoms with van der Waals surface area (Å²) in [5.41, 5.74) is 2.86. The number of rotatable bonds is 4. The van der Waals surface area contributed by atoms with Gasteiger partial charge in [-0.2, -0.15) is 30.4 Å². The monoisotopic (exact) mass is 345 g/mol. The van der Waals surface area contributed by atoms with Gasteiger partial charge in [0.2, 0.25) is 0 Å². The average molecular weight is 345 g/mol. The molecule has 0 spiro atoms. The summed E-state index contributed by atoms with van der Waals surface area (Å²) in [6, 6.07) is 0. The van der Waals surface area contributed by atoms with Crippen molar-refractivity contribution in [1.82, 2.24) is 4.90 Å². The molecule has 2 aliphatic heterocycles. The van der Waals surface area contributed by atoms with Crippen molar-refractivity contribution < 1.29 is 37.3 Å². The molecule has 0 aromatic heterocycles. The first kappa shape index (κ1) is 17.6. The van der Waals surface area contributed by atoms with Gasteiger partial charge in [0.1, 0.15) is 13.6 Å². The van der Waals surface area contributed by atoms with Gasteiger partial charge in [0.05, 0.1) is 0 Å². The van der Waals surface area contributed by atoms with Crippen molar-refractivity contribution in [2.75, 3.05) is 27.2 Å². The molecule has 0 aromatic rings. The van der Waals surface area contributed by atoms with Gasteiger partial charge in [0, 0.05) is 64.8 Å². The van der Waals surface area contributed by atoms with Crippen LogP contribution in [-0.2, 0) is 32.7 Å². The van der Waals surface area contributed by atoms with E-state index in [0.29, 0.717) is 0 Å². The summed E-state index contributed by atoms with van der Waals surface area (Å²) in [6.45, 7) is 2.38. The van der Waals surface area contributed by atoms with Crippen molar-refractivity contribution >= 4 is 5.71 Å². The average Bonchev–Trinajstić information content (AvgIpc) is 2.98. The first-order valence-electron chi connectivity index (χ1n) is 7.17. The molecule has 1 saturated heterocycles. The van der Waals surface area contributed by atoms with Gasteiger partial charge in [0.15, 0.2) is 5.71 Å². The molecule has 0 atom stereocenters. The minimum absolute atomic E-state index is 0. The van der Waals surface area contributed by atoms with Crippen LogP contribution in [0.3, 0.4) is 0 Å². The van der Waals surface area contributed by atoms with Crippen molar-refractivity contribution in [2.24, 2.45) is 0 Å². The summed E-state index contributed by atoms with van der Waals surface area (Å²) in [7, 11) is 4.31. The normalized spacial score (nSPS) is 22.1. The molecule has 1 fully saturated rings. The summed E-state index contributed by atoms with van der Waals surface area (Å²) in [5.74, 6) is 0. The van der Waals surface area contributed by atoms with Crippen LogP contribution in [0.15, 0.2) is 42.2 Å². The Morgan fingerprint density at radius 1 is 1.20 bits per heavy atom.